The Morgan fingerprint density at radius 2 is 0.536 bits per heavy atom. The smallest absolute Gasteiger partial charge is 0.220 e. The molecule has 0 aromatic heterocycles. The summed E-state index contributed by atoms with van der Waals surface area (Å²) in [7, 11) is 0. The number of rotatable bonds is 61. The Kier molecular flexibility index (Phi) is 60.7. The van der Waals surface area contributed by atoms with Crippen LogP contribution in [0.25, 0.3) is 0 Å². The monoisotopic (exact) mass is 972 g/mol. The third-order valence-corrected chi connectivity index (χ3v) is 15.5. The van der Waals surface area contributed by atoms with Gasteiger partial charge in [0.1, 0.15) is 0 Å². The lowest BCUT2D eigenvalue weighted by Crippen LogP contribution is -2.45. The van der Waals surface area contributed by atoms with Gasteiger partial charge in [0.2, 0.25) is 5.91 Å². The highest BCUT2D eigenvalue weighted by atomic mass is 16.3. The third kappa shape index (κ3) is 57.9. The summed E-state index contributed by atoms with van der Waals surface area (Å²) in [6, 6.07) is -0.618. The molecule has 0 bridgehead atoms. The van der Waals surface area contributed by atoms with Crippen molar-refractivity contribution in [3.8, 4) is 0 Å². The molecule has 0 saturated carbocycles. The zero-order valence-electron chi connectivity index (χ0n) is 47.6. The number of carbonyl (C=O) groups is 1. The molecule has 2 unspecified atom stereocenters. The molecular weight excluding hydrogens is 843 g/mol. The van der Waals surface area contributed by atoms with Crippen molar-refractivity contribution in [3.63, 3.8) is 0 Å². The summed E-state index contributed by atoms with van der Waals surface area (Å²) < 4.78 is 0. The van der Waals surface area contributed by atoms with E-state index in [9.17, 15) is 15.0 Å². The molecule has 0 fully saturated rings. The summed E-state index contributed by atoms with van der Waals surface area (Å²) >= 11 is 0. The highest BCUT2D eigenvalue weighted by Gasteiger charge is 2.18. The average Bonchev–Trinajstić information content (AvgIpc) is 3.35. The van der Waals surface area contributed by atoms with E-state index in [4.69, 9.17) is 0 Å². The highest BCUT2D eigenvalue weighted by Crippen LogP contribution is 2.19. The Balaban J connectivity index is 3.35. The predicted molar refractivity (Wildman–Crippen MR) is 309 cm³/mol. The van der Waals surface area contributed by atoms with Crippen LogP contribution in [0.5, 0.6) is 0 Å². The first-order chi connectivity index (χ1) is 34.2. The number of aliphatic hydroxyl groups is 2. The van der Waals surface area contributed by atoms with Crippen LogP contribution in [0.4, 0.5) is 0 Å². The Morgan fingerprint density at radius 1 is 0.333 bits per heavy atom. The molecule has 3 N–H and O–H groups in total. The largest absolute Gasteiger partial charge is 0.394 e. The summed E-state index contributed by atoms with van der Waals surface area (Å²) in [6.07, 6.45) is 81.5. The van der Waals surface area contributed by atoms with E-state index in [0.717, 1.165) is 25.7 Å². The molecule has 0 aliphatic rings. The van der Waals surface area contributed by atoms with Gasteiger partial charge in [-0.3, -0.25) is 4.79 Å². The van der Waals surface area contributed by atoms with Crippen LogP contribution in [0, 0.1) is 0 Å². The molecular formula is C65H129NO3. The molecule has 0 heterocycles. The lowest BCUT2D eigenvalue weighted by molar-refractivity contribution is -0.123. The summed E-state index contributed by atoms with van der Waals surface area (Å²) in [5, 5.41) is 23.2. The standard InChI is InChI=1S/C65H129NO3/c1-3-5-7-9-11-13-15-17-19-21-23-24-25-26-27-28-29-30-31-32-33-34-35-36-37-38-39-40-41-42-43-45-47-49-51-53-55-57-59-61-65(69)66-63(62-67)64(68)60-58-56-54-52-50-48-46-44-22-20-18-16-14-12-10-8-6-4-2/h58,60,63-64,67-68H,3-57,59,61-62H2,1-2H3,(H,66,69)/b60-58+. The first kappa shape index (κ1) is 68.1. The minimum absolute atomic E-state index is 0.0548. The summed E-state index contributed by atoms with van der Waals surface area (Å²) in [4.78, 5) is 12.5. The lowest BCUT2D eigenvalue weighted by Gasteiger charge is -2.20. The van der Waals surface area contributed by atoms with Crippen molar-refractivity contribution in [2.75, 3.05) is 6.61 Å². The highest BCUT2D eigenvalue weighted by molar-refractivity contribution is 5.76. The van der Waals surface area contributed by atoms with Crippen LogP contribution >= 0.6 is 0 Å². The van der Waals surface area contributed by atoms with E-state index in [2.05, 4.69) is 19.2 Å². The number of hydrogen-bond donors (Lipinski definition) is 3. The molecule has 0 aliphatic carbocycles. The van der Waals surface area contributed by atoms with Gasteiger partial charge in [-0.05, 0) is 19.3 Å². The second-order valence-electron chi connectivity index (χ2n) is 22.6. The number of aliphatic hydroxyl groups excluding tert-OH is 2. The van der Waals surface area contributed by atoms with E-state index in [-0.39, 0.29) is 12.5 Å². The quantitative estimate of drug-likeness (QED) is 0.0420. The minimum Gasteiger partial charge on any atom is -0.394 e. The number of allylic oxidation sites excluding steroid dienone is 1. The molecule has 69 heavy (non-hydrogen) atoms. The Labute approximate surface area is 435 Å². The fraction of sp³-hybridized carbons (Fsp3) is 0.954. The molecule has 0 radical (unpaired) electrons. The maximum Gasteiger partial charge on any atom is 0.220 e. The zero-order chi connectivity index (χ0) is 49.9. The summed E-state index contributed by atoms with van der Waals surface area (Å²) in [6.45, 7) is 4.36. The third-order valence-electron chi connectivity index (χ3n) is 15.5. The second kappa shape index (κ2) is 61.4. The minimum atomic E-state index is -0.836. The van der Waals surface area contributed by atoms with E-state index in [0.29, 0.717) is 6.42 Å². The number of amides is 1. The average molecular weight is 973 g/mol. The van der Waals surface area contributed by atoms with Gasteiger partial charge in [-0.1, -0.05) is 366 Å². The maximum atomic E-state index is 12.5. The van der Waals surface area contributed by atoms with Gasteiger partial charge in [0, 0.05) is 6.42 Å². The summed E-state index contributed by atoms with van der Waals surface area (Å²) in [5.74, 6) is -0.0548. The van der Waals surface area contributed by atoms with Gasteiger partial charge in [0.15, 0.2) is 0 Å². The molecule has 1 amide bonds. The lowest BCUT2D eigenvalue weighted by atomic mass is 10.0. The summed E-state index contributed by atoms with van der Waals surface area (Å²) in [5.41, 5.74) is 0. The number of unbranched alkanes of at least 4 members (excludes halogenated alkanes) is 54. The number of hydrogen-bond acceptors (Lipinski definition) is 3. The second-order valence-corrected chi connectivity index (χ2v) is 22.6. The van der Waals surface area contributed by atoms with E-state index in [1.54, 1.807) is 6.08 Å². The molecule has 0 spiro atoms. The fourth-order valence-corrected chi connectivity index (χ4v) is 10.6. The molecule has 0 aromatic carbocycles. The van der Waals surface area contributed by atoms with E-state index >= 15 is 0 Å². The van der Waals surface area contributed by atoms with Crippen LogP contribution < -0.4 is 5.32 Å². The van der Waals surface area contributed by atoms with Gasteiger partial charge in [-0.15, -0.1) is 0 Å². The van der Waals surface area contributed by atoms with Crippen LogP contribution in [-0.4, -0.2) is 34.9 Å². The number of carbonyl (C=O) groups excluding carboxylic acids is 1. The molecule has 0 aromatic rings. The molecule has 412 valence electrons. The van der Waals surface area contributed by atoms with Crippen LogP contribution in [-0.2, 0) is 4.79 Å². The molecule has 2 atom stereocenters. The zero-order valence-corrected chi connectivity index (χ0v) is 47.6. The van der Waals surface area contributed by atoms with Crippen molar-refractivity contribution >= 4 is 5.91 Å². The van der Waals surface area contributed by atoms with E-state index in [1.807, 2.05) is 6.08 Å². The van der Waals surface area contributed by atoms with Crippen LogP contribution in [0.1, 0.15) is 380 Å². The van der Waals surface area contributed by atoms with Crippen molar-refractivity contribution in [3.05, 3.63) is 12.2 Å². The molecule has 4 nitrogen and oxygen atoms in total. The van der Waals surface area contributed by atoms with Crippen molar-refractivity contribution in [1.29, 1.82) is 0 Å². The molecule has 0 saturated heterocycles. The van der Waals surface area contributed by atoms with Crippen LogP contribution in [0.3, 0.4) is 0 Å². The first-order valence-corrected chi connectivity index (χ1v) is 32.4. The van der Waals surface area contributed by atoms with E-state index in [1.165, 1.54) is 334 Å². The normalized spacial score (nSPS) is 12.7. The topological polar surface area (TPSA) is 69.6 Å². The van der Waals surface area contributed by atoms with Crippen molar-refractivity contribution in [2.45, 2.75) is 392 Å². The van der Waals surface area contributed by atoms with Crippen LogP contribution in [0.15, 0.2) is 12.2 Å². The van der Waals surface area contributed by atoms with Crippen molar-refractivity contribution in [2.24, 2.45) is 0 Å². The molecule has 0 aliphatic heterocycles. The van der Waals surface area contributed by atoms with Crippen molar-refractivity contribution < 1.29 is 15.0 Å². The maximum absolute atomic E-state index is 12.5. The molecule has 0 rings (SSSR count). The van der Waals surface area contributed by atoms with E-state index < -0.39 is 12.1 Å². The first-order valence-electron chi connectivity index (χ1n) is 32.4. The van der Waals surface area contributed by atoms with Gasteiger partial charge in [0.05, 0.1) is 18.8 Å². The van der Waals surface area contributed by atoms with Gasteiger partial charge in [0.25, 0.3) is 0 Å². The molecule has 4 heteroatoms. The Morgan fingerprint density at radius 3 is 0.754 bits per heavy atom. The van der Waals surface area contributed by atoms with Gasteiger partial charge in [-0.2, -0.15) is 0 Å². The van der Waals surface area contributed by atoms with Crippen molar-refractivity contribution in [1.82, 2.24) is 5.32 Å². The van der Waals surface area contributed by atoms with Gasteiger partial charge in [-0.25, -0.2) is 0 Å². The predicted octanol–water partition coefficient (Wildman–Crippen LogP) is 21.7. The SMILES string of the molecule is CCCCCCCCCCCCCCCCCC/C=C/C(O)C(CO)NC(=O)CCCCCCCCCCCCCCCCCCCCCCCCCCCCCCCCCCCCCCCCC. The van der Waals surface area contributed by atoms with Crippen LogP contribution in [0.2, 0.25) is 0 Å². The Bertz CT molecular complexity index is 967. The Hall–Kier alpha value is -0.870. The van der Waals surface area contributed by atoms with Gasteiger partial charge >= 0.3 is 0 Å². The number of nitrogens with one attached hydrogen (secondary N) is 1. The fourth-order valence-electron chi connectivity index (χ4n) is 10.6. The van der Waals surface area contributed by atoms with Gasteiger partial charge < -0.3 is 15.5 Å².